The van der Waals surface area contributed by atoms with Crippen LogP contribution in [0, 0.1) is 5.92 Å². The van der Waals surface area contributed by atoms with E-state index in [-0.39, 0.29) is 5.69 Å². The van der Waals surface area contributed by atoms with Crippen molar-refractivity contribution in [2.24, 2.45) is 5.92 Å². The highest BCUT2D eigenvalue weighted by Crippen LogP contribution is 2.22. The van der Waals surface area contributed by atoms with Crippen LogP contribution in [0.5, 0.6) is 0 Å². The van der Waals surface area contributed by atoms with Crippen molar-refractivity contribution in [2.75, 3.05) is 18.0 Å². The van der Waals surface area contributed by atoms with Gasteiger partial charge in [-0.05, 0) is 18.8 Å². The molecule has 1 aliphatic heterocycles. The van der Waals surface area contributed by atoms with E-state index in [2.05, 4.69) is 21.8 Å². The molecule has 1 aliphatic rings. The number of rotatable bonds is 3. The lowest BCUT2D eigenvalue weighted by molar-refractivity contribution is 0.0690. The van der Waals surface area contributed by atoms with Crippen LogP contribution in [0.15, 0.2) is 6.07 Å². The third kappa shape index (κ3) is 2.78. The van der Waals surface area contributed by atoms with Gasteiger partial charge in [0, 0.05) is 25.6 Å². The van der Waals surface area contributed by atoms with Crippen LogP contribution >= 0.6 is 0 Å². The van der Waals surface area contributed by atoms with Crippen LogP contribution in [0.1, 0.15) is 43.0 Å². The highest BCUT2D eigenvalue weighted by molar-refractivity contribution is 5.86. The molecule has 1 N–H and O–H groups in total. The molecule has 0 radical (unpaired) electrons. The predicted octanol–water partition coefficient (Wildman–Crippen LogP) is 1.97. The molecule has 98 valence electrons. The summed E-state index contributed by atoms with van der Waals surface area (Å²) in [5.74, 6) is 1.11. The smallest absolute Gasteiger partial charge is 0.354 e. The monoisotopic (exact) mass is 249 g/mol. The highest BCUT2D eigenvalue weighted by Gasteiger charge is 2.19. The lowest BCUT2D eigenvalue weighted by atomic mass is 9.99. The number of hydrogen-bond donors (Lipinski definition) is 1. The summed E-state index contributed by atoms with van der Waals surface area (Å²) in [5, 5.41) is 9.06. The molecule has 1 aromatic heterocycles. The van der Waals surface area contributed by atoms with Crippen molar-refractivity contribution in [1.29, 1.82) is 0 Å². The van der Waals surface area contributed by atoms with Gasteiger partial charge in [-0.25, -0.2) is 14.8 Å². The Morgan fingerprint density at radius 3 is 2.67 bits per heavy atom. The third-order valence-electron chi connectivity index (χ3n) is 3.40. The Morgan fingerprint density at radius 1 is 1.44 bits per heavy atom. The van der Waals surface area contributed by atoms with Crippen molar-refractivity contribution in [2.45, 2.75) is 33.1 Å². The van der Waals surface area contributed by atoms with E-state index in [1.54, 1.807) is 6.07 Å². The van der Waals surface area contributed by atoms with Gasteiger partial charge in [-0.3, -0.25) is 0 Å². The molecule has 0 aromatic carbocycles. The average Bonchev–Trinajstić information content (AvgIpc) is 2.39. The molecule has 0 aliphatic carbocycles. The van der Waals surface area contributed by atoms with Gasteiger partial charge >= 0.3 is 5.97 Å². The van der Waals surface area contributed by atoms with Crippen molar-refractivity contribution < 1.29 is 9.90 Å². The third-order valence-corrected chi connectivity index (χ3v) is 3.40. The summed E-state index contributed by atoms with van der Waals surface area (Å²) in [5.41, 5.74) is 0.0930. The van der Waals surface area contributed by atoms with E-state index in [0.29, 0.717) is 12.2 Å². The summed E-state index contributed by atoms with van der Waals surface area (Å²) < 4.78 is 0. The van der Waals surface area contributed by atoms with Gasteiger partial charge in [0.15, 0.2) is 5.69 Å². The largest absolute Gasteiger partial charge is 0.477 e. The number of nitrogens with zero attached hydrogens (tertiary/aromatic N) is 3. The molecular weight excluding hydrogens is 230 g/mol. The summed E-state index contributed by atoms with van der Waals surface area (Å²) in [6, 6.07) is 1.58. The van der Waals surface area contributed by atoms with Gasteiger partial charge in [-0.2, -0.15) is 0 Å². The maximum Gasteiger partial charge on any atom is 0.354 e. The molecule has 1 saturated heterocycles. The molecule has 0 saturated carbocycles. The number of hydrogen-bond acceptors (Lipinski definition) is 4. The first-order chi connectivity index (χ1) is 8.60. The second kappa shape index (κ2) is 5.33. The van der Waals surface area contributed by atoms with Crippen LogP contribution in [-0.2, 0) is 6.42 Å². The Balaban J connectivity index is 2.26. The Bertz CT molecular complexity index is 440. The molecule has 0 bridgehead atoms. The maximum absolute atomic E-state index is 11.0. The zero-order valence-corrected chi connectivity index (χ0v) is 10.9. The molecule has 18 heavy (non-hydrogen) atoms. The van der Waals surface area contributed by atoms with Gasteiger partial charge in [0.05, 0.1) is 0 Å². The molecule has 1 fully saturated rings. The van der Waals surface area contributed by atoms with E-state index in [0.717, 1.165) is 37.7 Å². The van der Waals surface area contributed by atoms with Crippen LogP contribution in [0.2, 0.25) is 0 Å². The van der Waals surface area contributed by atoms with Crippen molar-refractivity contribution in [3.63, 3.8) is 0 Å². The van der Waals surface area contributed by atoms with Gasteiger partial charge in [0.25, 0.3) is 0 Å². The maximum atomic E-state index is 11.0. The topological polar surface area (TPSA) is 66.3 Å². The highest BCUT2D eigenvalue weighted by atomic mass is 16.4. The fraction of sp³-hybridized carbons (Fsp3) is 0.615. The molecule has 2 rings (SSSR count). The van der Waals surface area contributed by atoms with E-state index in [1.807, 2.05) is 6.92 Å². The van der Waals surface area contributed by atoms with Gasteiger partial charge in [0.2, 0.25) is 0 Å². The minimum atomic E-state index is -0.987. The van der Waals surface area contributed by atoms with E-state index in [4.69, 9.17) is 5.11 Å². The first-order valence-electron chi connectivity index (χ1n) is 6.46. The van der Waals surface area contributed by atoms with E-state index < -0.39 is 5.97 Å². The molecule has 0 atom stereocenters. The number of aromatic carboxylic acids is 1. The number of aryl methyl sites for hydroxylation is 1. The Labute approximate surface area is 107 Å². The lowest BCUT2D eigenvalue weighted by Gasteiger charge is -2.31. The molecular formula is C13H19N3O2. The van der Waals surface area contributed by atoms with E-state index in [9.17, 15) is 4.79 Å². The number of piperidine rings is 1. The first kappa shape index (κ1) is 12.8. The molecule has 1 aromatic rings. The SMILES string of the molecule is CCc1nc(C(=O)O)cc(N2CCC(C)CC2)n1. The summed E-state index contributed by atoms with van der Waals surface area (Å²) in [6.45, 7) is 6.07. The first-order valence-corrected chi connectivity index (χ1v) is 6.46. The van der Waals surface area contributed by atoms with Gasteiger partial charge in [0.1, 0.15) is 11.6 Å². The Morgan fingerprint density at radius 2 is 2.11 bits per heavy atom. The average molecular weight is 249 g/mol. The number of aromatic nitrogens is 2. The van der Waals surface area contributed by atoms with Crippen molar-refractivity contribution in [3.05, 3.63) is 17.6 Å². The fourth-order valence-electron chi connectivity index (χ4n) is 2.15. The summed E-state index contributed by atoms with van der Waals surface area (Å²) in [4.78, 5) is 21.7. The van der Waals surface area contributed by atoms with Crippen LogP contribution < -0.4 is 4.90 Å². The molecule has 5 heteroatoms. The fourth-order valence-corrected chi connectivity index (χ4v) is 2.15. The van der Waals surface area contributed by atoms with Crippen LogP contribution in [-0.4, -0.2) is 34.1 Å². The van der Waals surface area contributed by atoms with Gasteiger partial charge in [-0.1, -0.05) is 13.8 Å². The molecule has 0 unspecified atom stereocenters. The summed E-state index contributed by atoms with van der Waals surface area (Å²) in [6.07, 6.45) is 2.92. The standard InChI is InChI=1S/C13H19N3O2/c1-3-11-14-10(13(17)18)8-12(15-11)16-6-4-9(2)5-7-16/h8-9H,3-7H2,1-2H3,(H,17,18). The Kier molecular flexibility index (Phi) is 3.79. The van der Waals surface area contributed by atoms with Crippen molar-refractivity contribution in [1.82, 2.24) is 9.97 Å². The number of carboxylic acid groups (broad SMARTS) is 1. The minimum Gasteiger partial charge on any atom is -0.477 e. The second-order valence-corrected chi connectivity index (χ2v) is 4.86. The molecule has 2 heterocycles. The predicted molar refractivity (Wildman–Crippen MR) is 69.0 cm³/mol. The number of carboxylic acids is 1. The zero-order chi connectivity index (χ0) is 13.1. The van der Waals surface area contributed by atoms with E-state index >= 15 is 0 Å². The van der Waals surface area contributed by atoms with Gasteiger partial charge < -0.3 is 10.0 Å². The molecule has 5 nitrogen and oxygen atoms in total. The normalized spacial score (nSPS) is 16.9. The summed E-state index contributed by atoms with van der Waals surface area (Å²) >= 11 is 0. The Hall–Kier alpha value is -1.65. The summed E-state index contributed by atoms with van der Waals surface area (Å²) in [7, 11) is 0. The molecule has 0 spiro atoms. The van der Waals surface area contributed by atoms with Crippen LogP contribution in [0.25, 0.3) is 0 Å². The number of carbonyl (C=O) groups is 1. The van der Waals surface area contributed by atoms with Crippen LogP contribution in [0.4, 0.5) is 5.82 Å². The second-order valence-electron chi connectivity index (χ2n) is 4.86. The quantitative estimate of drug-likeness (QED) is 0.887. The zero-order valence-electron chi connectivity index (χ0n) is 10.9. The van der Waals surface area contributed by atoms with Crippen molar-refractivity contribution in [3.8, 4) is 0 Å². The van der Waals surface area contributed by atoms with Crippen molar-refractivity contribution >= 4 is 11.8 Å². The van der Waals surface area contributed by atoms with Crippen LogP contribution in [0.3, 0.4) is 0 Å². The van der Waals surface area contributed by atoms with Gasteiger partial charge in [-0.15, -0.1) is 0 Å². The molecule has 0 amide bonds. The number of anilines is 1. The van der Waals surface area contributed by atoms with E-state index in [1.165, 1.54) is 0 Å². The lowest BCUT2D eigenvalue weighted by Crippen LogP contribution is -2.33. The minimum absolute atomic E-state index is 0.0930.